The summed E-state index contributed by atoms with van der Waals surface area (Å²) in [5.41, 5.74) is 2.86. The van der Waals surface area contributed by atoms with Crippen LogP contribution in [0.4, 0.5) is 5.69 Å². The first-order valence-corrected chi connectivity index (χ1v) is 7.87. The van der Waals surface area contributed by atoms with Gasteiger partial charge in [-0.3, -0.25) is 0 Å². The number of anilines is 1. The van der Waals surface area contributed by atoms with Gasteiger partial charge in [0, 0.05) is 24.3 Å². The predicted molar refractivity (Wildman–Crippen MR) is 83.8 cm³/mol. The summed E-state index contributed by atoms with van der Waals surface area (Å²) in [6.07, 6.45) is 5.13. The number of ether oxygens (including phenoxy) is 1. The van der Waals surface area contributed by atoms with E-state index in [4.69, 9.17) is 4.74 Å². The van der Waals surface area contributed by atoms with Gasteiger partial charge in [0.1, 0.15) is 0 Å². The number of benzene rings is 1. The van der Waals surface area contributed by atoms with Crippen LogP contribution in [0.25, 0.3) is 0 Å². The van der Waals surface area contributed by atoms with Crippen LogP contribution < -0.4 is 5.32 Å². The second-order valence-electron chi connectivity index (χ2n) is 6.22. The lowest BCUT2D eigenvalue weighted by molar-refractivity contribution is 0.0600. The van der Waals surface area contributed by atoms with E-state index in [1.54, 1.807) is 0 Å². The smallest absolute Gasteiger partial charge is 0.337 e. The average molecular weight is 288 g/mol. The maximum Gasteiger partial charge on any atom is 0.337 e. The third-order valence-corrected chi connectivity index (χ3v) is 4.83. The maximum absolute atomic E-state index is 11.5. The van der Waals surface area contributed by atoms with Crippen LogP contribution in [0.3, 0.4) is 0 Å². The van der Waals surface area contributed by atoms with E-state index in [9.17, 15) is 4.79 Å². The van der Waals surface area contributed by atoms with Gasteiger partial charge >= 0.3 is 5.97 Å². The maximum atomic E-state index is 11.5. The molecule has 2 atom stereocenters. The van der Waals surface area contributed by atoms with Gasteiger partial charge in [-0.1, -0.05) is 0 Å². The van der Waals surface area contributed by atoms with Crippen molar-refractivity contribution >= 4 is 11.7 Å². The van der Waals surface area contributed by atoms with Crippen LogP contribution in [-0.2, 0) is 4.74 Å². The third kappa shape index (κ3) is 3.05. The predicted octanol–water partition coefficient (Wildman–Crippen LogP) is 2.82. The normalized spacial score (nSPS) is 25.4. The minimum atomic E-state index is -0.274. The Bertz CT molecular complexity index is 530. The lowest BCUT2D eigenvalue weighted by Gasteiger charge is -2.35. The topological polar surface area (TPSA) is 41.6 Å². The Morgan fingerprint density at radius 2 is 2.19 bits per heavy atom. The van der Waals surface area contributed by atoms with Gasteiger partial charge in [0.05, 0.1) is 12.7 Å². The molecule has 2 heterocycles. The van der Waals surface area contributed by atoms with Crippen molar-refractivity contribution in [3.8, 4) is 0 Å². The lowest BCUT2D eigenvalue weighted by atomic mass is 9.97. The molecule has 2 saturated heterocycles. The fourth-order valence-corrected chi connectivity index (χ4v) is 3.65. The van der Waals surface area contributed by atoms with Crippen molar-refractivity contribution in [1.29, 1.82) is 0 Å². The van der Waals surface area contributed by atoms with Crippen LogP contribution >= 0.6 is 0 Å². The van der Waals surface area contributed by atoms with Crippen LogP contribution in [0, 0.1) is 6.92 Å². The molecule has 1 N–H and O–H groups in total. The van der Waals surface area contributed by atoms with Crippen molar-refractivity contribution in [3.05, 3.63) is 29.3 Å². The standard InChI is InChI=1S/C17H24N2O2/c1-12-10-13(17(20)21-2)5-6-16(12)18-14-7-9-19-8-3-4-15(19)11-14/h5-6,10,14-15,18H,3-4,7-9,11H2,1-2H3. The Kier molecular flexibility index (Phi) is 4.15. The summed E-state index contributed by atoms with van der Waals surface area (Å²) in [5, 5.41) is 3.67. The number of esters is 1. The second-order valence-corrected chi connectivity index (χ2v) is 6.22. The Labute approximate surface area is 126 Å². The van der Waals surface area contributed by atoms with E-state index in [0.717, 1.165) is 17.3 Å². The highest BCUT2D eigenvalue weighted by Gasteiger charge is 2.31. The molecule has 2 aliphatic heterocycles. The SMILES string of the molecule is COC(=O)c1ccc(NC2CCN3CCCC3C2)c(C)c1. The molecule has 2 aliphatic rings. The van der Waals surface area contributed by atoms with Gasteiger partial charge in [0.25, 0.3) is 0 Å². The van der Waals surface area contributed by atoms with Crippen molar-refractivity contribution < 1.29 is 9.53 Å². The molecule has 1 aromatic carbocycles. The zero-order valence-corrected chi connectivity index (χ0v) is 12.9. The number of methoxy groups -OCH3 is 1. The average Bonchev–Trinajstić information content (AvgIpc) is 2.96. The van der Waals surface area contributed by atoms with E-state index in [-0.39, 0.29) is 5.97 Å². The molecule has 21 heavy (non-hydrogen) atoms. The van der Waals surface area contributed by atoms with E-state index in [2.05, 4.69) is 10.2 Å². The number of hydrogen-bond acceptors (Lipinski definition) is 4. The molecule has 4 nitrogen and oxygen atoms in total. The van der Waals surface area contributed by atoms with Crippen LogP contribution in [0.1, 0.15) is 41.6 Å². The van der Waals surface area contributed by atoms with Gasteiger partial charge in [-0.2, -0.15) is 0 Å². The highest BCUT2D eigenvalue weighted by atomic mass is 16.5. The second kappa shape index (κ2) is 6.06. The molecule has 0 bridgehead atoms. The Balaban J connectivity index is 1.66. The number of carbonyl (C=O) groups excluding carboxylic acids is 1. The fraction of sp³-hybridized carbons (Fsp3) is 0.588. The Morgan fingerprint density at radius 1 is 1.33 bits per heavy atom. The number of fused-ring (bicyclic) bond motifs is 1. The summed E-state index contributed by atoms with van der Waals surface area (Å²) in [6, 6.07) is 7.06. The number of aryl methyl sites for hydroxylation is 1. The molecule has 0 spiro atoms. The van der Waals surface area contributed by atoms with E-state index < -0.39 is 0 Å². The van der Waals surface area contributed by atoms with Gasteiger partial charge in [-0.25, -0.2) is 4.79 Å². The number of hydrogen-bond donors (Lipinski definition) is 1. The van der Waals surface area contributed by atoms with E-state index in [0.29, 0.717) is 11.6 Å². The molecular weight excluding hydrogens is 264 g/mol. The molecule has 114 valence electrons. The van der Waals surface area contributed by atoms with Gasteiger partial charge in [0.15, 0.2) is 0 Å². The number of piperidine rings is 1. The first kappa shape index (κ1) is 14.4. The van der Waals surface area contributed by atoms with Crippen molar-refractivity contribution in [2.45, 2.75) is 44.7 Å². The molecular formula is C17H24N2O2. The van der Waals surface area contributed by atoms with Crippen LogP contribution in [0.15, 0.2) is 18.2 Å². The number of rotatable bonds is 3. The first-order valence-electron chi connectivity index (χ1n) is 7.87. The van der Waals surface area contributed by atoms with Gasteiger partial charge in [-0.15, -0.1) is 0 Å². The molecule has 0 saturated carbocycles. The monoisotopic (exact) mass is 288 g/mol. The summed E-state index contributed by atoms with van der Waals surface area (Å²) >= 11 is 0. The first-order chi connectivity index (χ1) is 10.2. The lowest BCUT2D eigenvalue weighted by Crippen LogP contribution is -2.42. The zero-order chi connectivity index (χ0) is 14.8. The molecule has 0 amide bonds. The molecule has 0 aromatic heterocycles. The van der Waals surface area contributed by atoms with Crippen LogP contribution in [0.5, 0.6) is 0 Å². The fourth-order valence-electron chi connectivity index (χ4n) is 3.65. The highest BCUT2D eigenvalue weighted by Crippen LogP contribution is 2.29. The number of nitrogens with one attached hydrogen (secondary N) is 1. The van der Waals surface area contributed by atoms with Crippen LogP contribution in [0.2, 0.25) is 0 Å². The van der Waals surface area contributed by atoms with Crippen molar-refractivity contribution in [2.75, 3.05) is 25.5 Å². The molecule has 3 rings (SSSR count). The van der Waals surface area contributed by atoms with Gasteiger partial charge < -0.3 is 15.0 Å². The molecule has 0 aliphatic carbocycles. The molecule has 2 fully saturated rings. The van der Waals surface area contributed by atoms with Crippen LogP contribution in [-0.4, -0.2) is 43.2 Å². The highest BCUT2D eigenvalue weighted by molar-refractivity contribution is 5.90. The minimum Gasteiger partial charge on any atom is -0.465 e. The number of nitrogens with zero attached hydrogens (tertiary/aromatic N) is 1. The zero-order valence-electron chi connectivity index (χ0n) is 12.9. The molecule has 0 radical (unpaired) electrons. The largest absolute Gasteiger partial charge is 0.465 e. The van der Waals surface area contributed by atoms with Crippen molar-refractivity contribution in [2.24, 2.45) is 0 Å². The minimum absolute atomic E-state index is 0.274. The molecule has 2 unspecified atom stereocenters. The summed E-state index contributed by atoms with van der Waals surface area (Å²) in [5.74, 6) is -0.274. The van der Waals surface area contributed by atoms with E-state index in [1.165, 1.54) is 45.9 Å². The summed E-state index contributed by atoms with van der Waals surface area (Å²) < 4.78 is 4.76. The summed E-state index contributed by atoms with van der Waals surface area (Å²) in [7, 11) is 1.42. The Hall–Kier alpha value is -1.55. The number of carbonyl (C=O) groups is 1. The Morgan fingerprint density at radius 3 is 2.95 bits per heavy atom. The van der Waals surface area contributed by atoms with Crippen molar-refractivity contribution in [3.63, 3.8) is 0 Å². The third-order valence-electron chi connectivity index (χ3n) is 4.83. The van der Waals surface area contributed by atoms with E-state index >= 15 is 0 Å². The summed E-state index contributed by atoms with van der Waals surface area (Å²) in [4.78, 5) is 14.2. The molecule has 4 heteroatoms. The van der Waals surface area contributed by atoms with E-state index in [1.807, 2.05) is 25.1 Å². The van der Waals surface area contributed by atoms with Gasteiger partial charge in [-0.05, 0) is 62.9 Å². The quantitative estimate of drug-likeness (QED) is 0.868. The van der Waals surface area contributed by atoms with Gasteiger partial charge in [0.2, 0.25) is 0 Å². The molecule has 1 aromatic rings. The summed E-state index contributed by atoms with van der Waals surface area (Å²) in [6.45, 7) is 4.53. The van der Waals surface area contributed by atoms with Crippen molar-refractivity contribution in [1.82, 2.24) is 4.90 Å².